The van der Waals surface area contributed by atoms with Crippen molar-refractivity contribution in [2.24, 2.45) is 0 Å². The van der Waals surface area contributed by atoms with Gasteiger partial charge in [-0.25, -0.2) is 0 Å². The Morgan fingerprint density at radius 3 is 2.80 bits per heavy atom. The number of benzene rings is 1. The van der Waals surface area contributed by atoms with E-state index in [1.165, 1.54) is 41.7 Å². The van der Waals surface area contributed by atoms with Crippen molar-refractivity contribution in [3.8, 4) is 0 Å². The van der Waals surface area contributed by atoms with E-state index in [0.717, 1.165) is 6.54 Å². The summed E-state index contributed by atoms with van der Waals surface area (Å²) in [6.45, 7) is 5.50. The largest absolute Gasteiger partial charge is 0.310 e. The van der Waals surface area contributed by atoms with E-state index >= 15 is 0 Å². The molecule has 1 unspecified atom stereocenters. The maximum Gasteiger partial charge on any atom is 0.0320 e. The first kappa shape index (κ1) is 15.3. The number of aryl methyl sites for hydroxylation is 2. The summed E-state index contributed by atoms with van der Waals surface area (Å²) in [6, 6.07) is 13.8. The van der Waals surface area contributed by atoms with Crippen LogP contribution in [0.15, 0.2) is 41.8 Å². The van der Waals surface area contributed by atoms with Crippen molar-refractivity contribution in [1.82, 2.24) is 5.32 Å². The highest BCUT2D eigenvalue weighted by Crippen LogP contribution is 2.22. The second-order valence-electron chi connectivity index (χ2n) is 5.39. The Labute approximate surface area is 127 Å². The van der Waals surface area contributed by atoms with Gasteiger partial charge in [-0.05, 0) is 56.2 Å². The topological polar surface area (TPSA) is 12.0 Å². The van der Waals surface area contributed by atoms with Gasteiger partial charge >= 0.3 is 0 Å². The summed E-state index contributed by atoms with van der Waals surface area (Å²) in [6.07, 6.45) is 4.85. The molecule has 1 aromatic heterocycles. The summed E-state index contributed by atoms with van der Waals surface area (Å²) in [5.41, 5.74) is 2.79. The zero-order valence-electron chi connectivity index (χ0n) is 12.6. The second kappa shape index (κ2) is 8.23. The van der Waals surface area contributed by atoms with Crippen molar-refractivity contribution in [3.05, 3.63) is 57.8 Å². The predicted octanol–water partition coefficient (Wildman–Crippen LogP) is 5.12. The van der Waals surface area contributed by atoms with Crippen LogP contribution in [0.5, 0.6) is 0 Å². The third-order valence-electron chi connectivity index (χ3n) is 3.58. The Morgan fingerprint density at radius 1 is 1.20 bits per heavy atom. The van der Waals surface area contributed by atoms with Crippen LogP contribution in [0.2, 0.25) is 0 Å². The third-order valence-corrected chi connectivity index (χ3v) is 4.52. The molecule has 1 atom stereocenters. The van der Waals surface area contributed by atoms with Gasteiger partial charge in [-0.2, -0.15) is 0 Å². The van der Waals surface area contributed by atoms with E-state index in [0.29, 0.717) is 6.04 Å². The van der Waals surface area contributed by atoms with E-state index in [4.69, 9.17) is 0 Å². The van der Waals surface area contributed by atoms with Crippen LogP contribution in [-0.2, 0) is 6.42 Å². The fourth-order valence-corrected chi connectivity index (χ4v) is 3.28. The Bertz CT molecular complexity index is 490. The summed E-state index contributed by atoms with van der Waals surface area (Å²) in [7, 11) is 0. The van der Waals surface area contributed by atoms with Crippen molar-refractivity contribution < 1.29 is 0 Å². The molecule has 2 aromatic rings. The van der Waals surface area contributed by atoms with Crippen molar-refractivity contribution in [3.63, 3.8) is 0 Å². The van der Waals surface area contributed by atoms with Gasteiger partial charge in [-0.15, -0.1) is 11.3 Å². The van der Waals surface area contributed by atoms with Crippen LogP contribution in [0.25, 0.3) is 0 Å². The van der Waals surface area contributed by atoms with Gasteiger partial charge in [0.25, 0.3) is 0 Å². The van der Waals surface area contributed by atoms with Gasteiger partial charge in [0.05, 0.1) is 0 Å². The van der Waals surface area contributed by atoms with Crippen LogP contribution in [0.3, 0.4) is 0 Å². The van der Waals surface area contributed by atoms with Gasteiger partial charge in [-0.1, -0.05) is 42.8 Å². The normalized spacial score (nSPS) is 12.5. The summed E-state index contributed by atoms with van der Waals surface area (Å²) >= 11 is 1.87. The number of rotatable bonds is 8. The molecule has 1 N–H and O–H groups in total. The predicted molar refractivity (Wildman–Crippen MR) is 89.5 cm³/mol. The molecular weight excluding hydrogens is 262 g/mol. The lowest BCUT2D eigenvalue weighted by molar-refractivity contribution is 0.485. The van der Waals surface area contributed by atoms with Gasteiger partial charge in [0.15, 0.2) is 0 Å². The molecule has 108 valence electrons. The van der Waals surface area contributed by atoms with E-state index < -0.39 is 0 Å². The van der Waals surface area contributed by atoms with Gasteiger partial charge in [0.1, 0.15) is 0 Å². The van der Waals surface area contributed by atoms with Crippen molar-refractivity contribution >= 4 is 11.3 Å². The van der Waals surface area contributed by atoms with E-state index in [1.807, 2.05) is 11.3 Å². The first-order valence-corrected chi connectivity index (χ1v) is 8.50. The molecule has 0 amide bonds. The lowest BCUT2D eigenvalue weighted by atomic mass is 9.99. The average molecular weight is 287 g/mol. The van der Waals surface area contributed by atoms with E-state index in [1.54, 1.807) is 0 Å². The Hall–Kier alpha value is -1.12. The van der Waals surface area contributed by atoms with E-state index in [9.17, 15) is 0 Å². The highest BCUT2D eigenvalue weighted by molar-refractivity contribution is 7.09. The molecule has 0 fully saturated rings. The Kier molecular flexibility index (Phi) is 6.28. The smallest absolute Gasteiger partial charge is 0.0320 e. The lowest BCUT2D eigenvalue weighted by Crippen LogP contribution is -2.22. The molecule has 0 aliphatic heterocycles. The first-order valence-electron chi connectivity index (χ1n) is 7.62. The minimum Gasteiger partial charge on any atom is -0.310 e. The van der Waals surface area contributed by atoms with Gasteiger partial charge in [0, 0.05) is 10.9 Å². The Balaban J connectivity index is 1.92. The van der Waals surface area contributed by atoms with Crippen LogP contribution in [0.1, 0.15) is 48.2 Å². The maximum absolute atomic E-state index is 3.70. The standard InChI is InChI=1S/C18H25NS/c1-3-12-19-18(16-8-4-7-15(2)14-16)11-5-9-17-10-6-13-20-17/h4,6-8,10,13-14,18-19H,3,5,9,11-12H2,1-2H3. The lowest BCUT2D eigenvalue weighted by Gasteiger charge is -2.19. The molecule has 0 saturated heterocycles. The van der Waals surface area contributed by atoms with Gasteiger partial charge in [-0.3, -0.25) is 0 Å². The fourth-order valence-electron chi connectivity index (χ4n) is 2.53. The molecule has 0 aliphatic carbocycles. The summed E-state index contributed by atoms with van der Waals surface area (Å²) in [5.74, 6) is 0. The molecule has 0 aliphatic rings. The molecule has 1 aromatic carbocycles. The third kappa shape index (κ3) is 4.77. The monoisotopic (exact) mass is 287 g/mol. The molecule has 0 radical (unpaired) electrons. The van der Waals surface area contributed by atoms with Crippen molar-refractivity contribution in [2.45, 2.75) is 45.6 Å². The van der Waals surface area contributed by atoms with E-state index in [-0.39, 0.29) is 0 Å². The van der Waals surface area contributed by atoms with Crippen LogP contribution >= 0.6 is 11.3 Å². The quantitative estimate of drug-likeness (QED) is 0.710. The maximum atomic E-state index is 3.70. The molecule has 2 rings (SSSR count). The minimum atomic E-state index is 0.495. The van der Waals surface area contributed by atoms with Crippen LogP contribution < -0.4 is 5.32 Å². The highest BCUT2D eigenvalue weighted by Gasteiger charge is 2.10. The van der Waals surface area contributed by atoms with E-state index in [2.05, 4.69) is 60.9 Å². The molecule has 2 heteroatoms. The van der Waals surface area contributed by atoms with Crippen LogP contribution in [0, 0.1) is 6.92 Å². The summed E-state index contributed by atoms with van der Waals surface area (Å²) in [4.78, 5) is 1.50. The molecule has 1 heterocycles. The molecule has 0 spiro atoms. The molecule has 0 saturated carbocycles. The van der Waals surface area contributed by atoms with Gasteiger partial charge in [0.2, 0.25) is 0 Å². The van der Waals surface area contributed by atoms with Gasteiger partial charge < -0.3 is 5.32 Å². The molecule has 1 nitrogen and oxygen atoms in total. The number of hydrogen-bond acceptors (Lipinski definition) is 2. The molecular formula is C18H25NS. The van der Waals surface area contributed by atoms with Crippen molar-refractivity contribution in [1.29, 1.82) is 0 Å². The summed E-state index contributed by atoms with van der Waals surface area (Å²) in [5, 5.41) is 5.87. The minimum absolute atomic E-state index is 0.495. The molecule has 0 bridgehead atoms. The number of thiophene rings is 1. The molecule has 20 heavy (non-hydrogen) atoms. The fraction of sp³-hybridized carbons (Fsp3) is 0.444. The second-order valence-corrected chi connectivity index (χ2v) is 6.42. The SMILES string of the molecule is CCCNC(CCCc1cccs1)c1cccc(C)c1. The number of hydrogen-bond donors (Lipinski definition) is 1. The highest BCUT2D eigenvalue weighted by atomic mass is 32.1. The van der Waals surface area contributed by atoms with Crippen LogP contribution in [-0.4, -0.2) is 6.54 Å². The average Bonchev–Trinajstić information content (AvgIpc) is 2.96. The summed E-state index contributed by atoms with van der Waals surface area (Å²) < 4.78 is 0. The Morgan fingerprint density at radius 2 is 2.10 bits per heavy atom. The van der Waals surface area contributed by atoms with Crippen molar-refractivity contribution in [2.75, 3.05) is 6.54 Å². The first-order chi connectivity index (χ1) is 9.79. The van der Waals surface area contributed by atoms with Crippen LogP contribution in [0.4, 0.5) is 0 Å². The zero-order chi connectivity index (χ0) is 14.2. The zero-order valence-corrected chi connectivity index (χ0v) is 13.4. The number of nitrogens with one attached hydrogen (secondary N) is 1.